The molecule has 0 bridgehead atoms. The van der Waals surface area contributed by atoms with E-state index in [1.165, 1.54) is 6.20 Å². The summed E-state index contributed by atoms with van der Waals surface area (Å²) in [4.78, 5) is 14.1. The maximum absolute atomic E-state index is 12.5. The predicted octanol–water partition coefficient (Wildman–Crippen LogP) is 3.45. The summed E-state index contributed by atoms with van der Waals surface area (Å²) >= 11 is 11.9. The summed E-state index contributed by atoms with van der Waals surface area (Å²) < 4.78 is 5.59. The number of carbonyl (C=O) groups is 1. The summed E-state index contributed by atoms with van der Waals surface area (Å²) in [7, 11) is 0. The molecule has 1 fully saturated rings. The third-order valence-corrected chi connectivity index (χ3v) is 3.91. The number of hydrogen-bond acceptors (Lipinski definition) is 4. The molecule has 7 heteroatoms. The zero-order valence-electron chi connectivity index (χ0n) is 12.8. The molecule has 1 amide bonds. The fourth-order valence-corrected chi connectivity index (χ4v) is 2.88. The summed E-state index contributed by atoms with van der Waals surface area (Å²) in [5, 5.41) is 13.1. The van der Waals surface area contributed by atoms with Crippen LogP contribution in [0.25, 0.3) is 0 Å². The van der Waals surface area contributed by atoms with Gasteiger partial charge in [-0.25, -0.2) is 0 Å². The standard InChI is InChI=1S/C16H17Cl2N3O2/c1-10-8-21(9-11(2)23-10)16(22)12(6-19)7-20-15-4-3-13(17)5-14(15)18/h3-5,7,10-11,20H,8-9H2,1-2H3/b12-7-. The number of hydrogen-bond donors (Lipinski definition) is 1. The van der Waals surface area contributed by atoms with Crippen LogP contribution in [0.2, 0.25) is 10.0 Å². The number of nitrogens with zero attached hydrogens (tertiary/aromatic N) is 2. The number of nitrogens with one attached hydrogen (secondary N) is 1. The van der Waals surface area contributed by atoms with Gasteiger partial charge < -0.3 is 15.0 Å². The Morgan fingerprint density at radius 2 is 2.04 bits per heavy atom. The van der Waals surface area contributed by atoms with Crippen molar-refractivity contribution in [2.45, 2.75) is 26.1 Å². The molecule has 2 unspecified atom stereocenters. The molecule has 0 saturated carbocycles. The molecular weight excluding hydrogens is 337 g/mol. The van der Waals surface area contributed by atoms with E-state index >= 15 is 0 Å². The molecule has 2 atom stereocenters. The maximum atomic E-state index is 12.5. The number of nitriles is 1. The minimum absolute atomic E-state index is 0.0114. The van der Waals surface area contributed by atoms with Gasteiger partial charge in [-0.1, -0.05) is 23.2 Å². The van der Waals surface area contributed by atoms with E-state index in [1.807, 2.05) is 19.9 Å². The molecule has 0 aromatic heterocycles. The monoisotopic (exact) mass is 353 g/mol. The Morgan fingerprint density at radius 1 is 1.39 bits per heavy atom. The van der Waals surface area contributed by atoms with E-state index in [-0.39, 0.29) is 23.7 Å². The van der Waals surface area contributed by atoms with Crippen LogP contribution >= 0.6 is 23.2 Å². The fourth-order valence-electron chi connectivity index (χ4n) is 2.41. The van der Waals surface area contributed by atoms with Gasteiger partial charge in [0.1, 0.15) is 11.6 Å². The Morgan fingerprint density at radius 3 is 2.61 bits per heavy atom. The number of anilines is 1. The molecule has 0 radical (unpaired) electrons. The Labute approximate surface area is 145 Å². The highest BCUT2D eigenvalue weighted by molar-refractivity contribution is 6.36. The van der Waals surface area contributed by atoms with Gasteiger partial charge in [-0.3, -0.25) is 4.79 Å². The number of halogens is 2. The predicted molar refractivity (Wildman–Crippen MR) is 90.4 cm³/mol. The van der Waals surface area contributed by atoms with Gasteiger partial charge in [0.25, 0.3) is 5.91 Å². The number of benzene rings is 1. The minimum atomic E-state index is -0.327. The zero-order valence-corrected chi connectivity index (χ0v) is 14.4. The van der Waals surface area contributed by atoms with Gasteiger partial charge in [-0.15, -0.1) is 0 Å². The largest absolute Gasteiger partial charge is 0.372 e. The first kappa shape index (κ1) is 17.6. The molecule has 2 rings (SSSR count). The van der Waals surface area contributed by atoms with Crippen LogP contribution in [-0.4, -0.2) is 36.1 Å². The summed E-state index contributed by atoms with van der Waals surface area (Å²) in [6, 6.07) is 6.86. The molecule has 5 nitrogen and oxygen atoms in total. The second-order valence-electron chi connectivity index (χ2n) is 5.41. The van der Waals surface area contributed by atoms with Crippen LogP contribution in [0.3, 0.4) is 0 Å². The molecule has 1 saturated heterocycles. The zero-order chi connectivity index (χ0) is 17.0. The maximum Gasteiger partial charge on any atom is 0.266 e. The summed E-state index contributed by atoms with van der Waals surface area (Å²) in [6.45, 7) is 4.72. The lowest BCUT2D eigenvalue weighted by atomic mass is 10.2. The number of morpholine rings is 1. The highest BCUT2D eigenvalue weighted by atomic mass is 35.5. The molecule has 1 heterocycles. The SMILES string of the molecule is CC1CN(C(=O)/C(C#N)=C\Nc2ccc(Cl)cc2Cl)CC(C)O1. The van der Waals surface area contributed by atoms with Crippen molar-refractivity contribution < 1.29 is 9.53 Å². The van der Waals surface area contributed by atoms with Gasteiger partial charge in [-0.2, -0.15) is 5.26 Å². The van der Waals surface area contributed by atoms with Crippen LogP contribution in [0.4, 0.5) is 5.69 Å². The van der Waals surface area contributed by atoms with Gasteiger partial charge >= 0.3 is 0 Å². The van der Waals surface area contributed by atoms with Gasteiger partial charge in [0.2, 0.25) is 0 Å². The van der Waals surface area contributed by atoms with Crippen LogP contribution in [0.5, 0.6) is 0 Å². The van der Waals surface area contributed by atoms with E-state index in [9.17, 15) is 10.1 Å². The molecule has 1 aromatic carbocycles. The van der Waals surface area contributed by atoms with Crippen molar-refractivity contribution in [2.24, 2.45) is 0 Å². The van der Waals surface area contributed by atoms with Crippen LogP contribution in [0.1, 0.15) is 13.8 Å². The number of ether oxygens (including phenoxy) is 1. The molecule has 122 valence electrons. The van der Waals surface area contributed by atoms with Crippen molar-refractivity contribution in [2.75, 3.05) is 18.4 Å². The summed E-state index contributed by atoms with van der Waals surface area (Å²) in [5.74, 6) is -0.327. The Hall–Kier alpha value is -1.74. The lowest BCUT2D eigenvalue weighted by Gasteiger charge is -2.35. The highest BCUT2D eigenvalue weighted by Gasteiger charge is 2.27. The second kappa shape index (κ2) is 7.69. The highest BCUT2D eigenvalue weighted by Crippen LogP contribution is 2.25. The Balaban J connectivity index is 2.12. The number of rotatable bonds is 3. The molecule has 1 aliphatic heterocycles. The van der Waals surface area contributed by atoms with Crippen LogP contribution in [0, 0.1) is 11.3 Å². The van der Waals surface area contributed by atoms with E-state index < -0.39 is 0 Å². The lowest BCUT2D eigenvalue weighted by molar-refractivity contribution is -0.138. The van der Waals surface area contributed by atoms with Crippen molar-refractivity contribution in [3.8, 4) is 6.07 Å². The van der Waals surface area contributed by atoms with E-state index in [4.69, 9.17) is 27.9 Å². The first-order valence-electron chi connectivity index (χ1n) is 7.17. The van der Waals surface area contributed by atoms with Crippen molar-refractivity contribution in [3.05, 3.63) is 40.0 Å². The quantitative estimate of drug-likeness (QED) is 0.667. The second-order valence-corrected chi connectivity index (χ2v) is 6.25. The van der Waals surface area contributed by atoms with E-state index in [1.54, 1.807) is 23.1 Å². The fraction of sp³-hybridized carbons (Fsp3) is 0.375. The Kier molecular flexibility index (Phi) is 5.89. The molecule has 0 spiro atoms. The van der Waals surface area contributed by atoms with Crippen molar-refractivity contribution in [1.29, 1.82) is 5.26 Å². The van der Waals surface area contributed by atoms with Crippen LogP contribution in [-0.2, 0) is 9.53 Å². The molecule has 1 aromatic rings. The third-order valence-electron chi connectivity index (χ3n) is 3.36. The Bertz CT molecular complexity index is 660. The first-order valence-corrected chi connectivity index (χ1v) is 7.93. The van der Waals surface area contributed by atoms with Crippen molar-refractivity contribution >= 4 is 34.8 Å². The van der Waals surface area contributed by atoms with Crippen LogP contribution in [0.15, 0.2) is 30.0 Å². The van der Waals surface area contributed by atoms with E-state index in [0.29, 0.717) is 28.8 Å². The average molecular weight is 354 g/mol. The topological polar surface area (TPSA) is 65.4 Å². The van der Waals surface area contributed by atoms with Gasteiger partial charge in [0.05, 0.1) is 22.9 Å². The molecule has 23 heavy (non-hydrogen) atoms. The van der Waals surface area contributed by atoms with Crippen molar-refractivity contribution in [3.63, 3.8) is 0 Å². The smallest absolute Gasteiger partial charge is 0.266 e. The molecule has 1 N–H and O–H groups in total. The summed E-state index contributed by atoms with van der Waals surface area (Å²) in [6.07, 6.45) is 1.25. The van der Waals surface area contributed by atoms with Gasteiger partial charge in [0, 0.05) is 24.3 Å². The number of amides is 1. The minimum Gasteiger partial charge on any atom is -0.372 e. The lowest BCUT2D eigenvalue weighted by Crippen LogP contribution is -2.48. The third kappa shape index (κ3) is 4.61. The van der Waals surface area contributed by atoms with Crippen LogP contribution < -0.4 is 5.32 Å². The van der Waals surface area contributed by atoms with E-state index in [0.717, 1.165) is 0 Å². The van der Waals surface area contributed by atoms with Gasteiger partial charge in [-0.05, 0) is 32.0 Å². The number of carbonyl (C=O) groups excluding carboxylic acids is 1. The average Bonchev–Trinajstić information content (AvgIpc) is 2.48. The van der Waals surface area contributed by atoms with E-state index in [2.05, 4.69) is 5.32 Å². The molecule has 0 aliphatic carbocycles. The molecular formula is C16H17Cl2N3O2. The van der Waals surface area contributed by atoms with Gasteiger partial charge in [0.15, 0.2) is 0 Å². The summed E-state index contributed by atoms with van der Waals surface area (Å²) in [5.41, 5.74) is 0.581. The van der Waals surface area contributed by atoms with Crippen molar-refractivity contribution in [1.82, 2.24) is 4.90 Å². The normalized spacial score (nSPS) is 21.7. The molecule has 1 aliphatic rings. The first-order chi connectivity index (χ1) is 10.9.